The highest BCUT2D eigenvalue weighted by Gasteiger charge is 2.18. The van der Waals surface area contributed by atoms with Gasteiger partial charge in [-0.25, -0.2) is 9.48 Å². The molecule has 0 atom stereocenters. The molecule has 10 heteroatoms. The van der Waals surface area contributed by atoms with Gasteiger partial charge in [0.2, 0.25) is 0 Å². The van der Waals surface area contributed by atoms with E-state index in [1.807, 2.05) is 0 Å². The number of carboxylic acids is 1. The predicted octanol–water partition coefficient (Wildman–Crippen LogP) is 1.39. The summed E-state index contributed by atoms with van der Waals surface area (Å²) in [4.78, 5) is 30.6. The van der Waals surface area contributed by atoms with Crippen LogP contribution < -0.4 is 0 Å². The van der Waals surface area contributed by atoms with Crippen LogP contribution in [-0.4, -0.2) is 30.7 Å². The topological polar surface area (TPSA) is 141 Å². The number of hydrogen-bond donors (Lipinski definition) is 1. The maximum Gasteiger partial charge on any atom is 0.356 e. The molecular weight excluding hydrogens is 272 g/mol. The third kappa shape index (κ3) is 2.43. The first kappa shape index (κ1) is 13.1. The SMILES string of the molecule is O=C(O)c1ccn(-c2cc([N+](=O)[O-])cc([N+](=O)[O-])c2)n1. The summed E-state index contributed by atoms with van der Waals surface area (Å²) in [6.45, 7) is 0. The maximum absolute atomic E-state index is 10.7. The van der Waals surface area contributed by atoms with Crippen LogP contribution in [0.25, 0.3) is 5.69 Å². The quantitative estimate of drug-likeness (QED) is 0.657. The van der Waals surface area contributed by atoms with Gasteiger partial charge in [-0.15, -0.1) is 0 Å². The van der Waals surface area contributed by atoms with E-state index in [1.54, 1.807) is 0 Å². The number of benzene rings is 1. The van der Waals surface area contributed by atoms with Crippen molar-refractivity contribution in [1.82, 2.24) is 9.78 Å². The average molecular weight is 278 g/mol. The molecule has 0 aliphatic heterocycles. The van der Waals surface area contributed by atoms with Gasteiger partial charge in [-0.1, -0.05) is 0 Å². The van der Waals surface area contributed by atoms with Gasteiger partial charge < -0.3 is 5.11 Å². The van der Waals surface area contributed by atoms with E-state index in [2.05, 4.69) is 5.10 Å². The van der Waals surface area contributed by atoms with Gasteiger partial charge in [0.25, 0.3) is 11.4 Å². The van der Waals surface area contributed by atoms with Crippen LogP contribution in [0.5, 0.6) is 0 Å². The summed E-state index contributed by atoms with van der Waals surface area (Å²) in [5.41, 5.74) is -1.22. The van der Waals surface area contributed by atoms with Crippen molar-refractivity contribution < 1.29 is 19.7 Å². The standard InChI is InChI=1S/C10H6N4O6/c15-10(16)9-1-2-12(11-9)6-3-7(13(17)18)5-8(4-6)14(19)20/h1-5H,(H,15,16). The van der Waals surface area contributed by atoms with Gasteiger partial charge in [-0.3, -0.25) is 20.2 Å². The van der Waals surface area contributed by atoms with Crippen LogP contribution in [0.3, 0.4) is 0 Å². The number of carboxylic acid groups (broad SMARTS) is 1. The number of carbonyl (C=O) groups is 1. The van der Waals surface area contributed by atoms with Crippen molar-refractivity contribution in [2.75, 3.05) is 0 Å². The van der Waals surface area contributed by atoms with E-state index in [-0.39, 0.29) is 11.4 Å². The van der Waals surface area contributed by atoms with E-state index in [0.717, 1.165) is 22.9 Å². The van der Waals surface area contributed by atoms with Crippen LogP contribution in [0.15, 0.2) is 30.5 Å². The molecule has 0 aliphatic carbocycles. The van der Waals surface area contributed by atoms with Gasteiger partial charge in [-0.2, -0.15) is 5.10 Å². The minimum absolute atomic E-state index is 0.0263. The lowest BCUT2D eigenvalue weighted by Gasteiger charge is -2.01. The second kappa shape index (κ2) is 4.76. The number of hydrogen-bond acceptors (Lipinski definition) is 6. The number of nitrogens with zero attached hydrogens (tertiary/aromatic N) is 4. The third-order valence-electron chi connectivity index (χ3n) is 2.38. The molecular formula is C10H6N4O6. The number of nitro groups is 2. The fourth-order valence-corrected chi connectivity index (χ4v) is 1.50. The largest absolute Gasteiger partial charge is 0.476 e. The van der Waals surface area contributed by atoms with E-state index in [4.69, 9.17) is 5.11 Å². The van der Waals surface area contributed by atoms with Crippen molar-refractivity contribution in [2.24, 2.45) is 0 Å². The Morgan fingerprint density at radius 2 is 1.70 bits per heavy atom. The molecule has 0 saturated heterocycles. The lowest BCUT2D eigenvalue weighted by molar-refractivity contribution is -0.394. The summed E-state index contributed by atoms with van der Waals surface area (Å²) in [7, 11) is 0. The Kier molecular flexibility index (Phi) is 3.13. The number of nitro benzene ring substituents is 2. The normalized spacial score (nSPS) is 10.2. The summed E-state index contributed by atoms with van der Waals surface area (Å²) < 4.78 is 1.02. The van der Waals surface area contributed by atoms with E-state index >= 15 is 0 Å². The molecule has 0 amide bonds. The van der Waals surface area contributed by atoms with E-state index in [0.29, 0.717) is 0 Å². The number of aromatic carboxylic acids is 1. The average Bonchev–Trinajstić information content (AvgIpc) is 2.87. The highest BCUT2D eigenvalue weighted by Crippen LogP contribution is 2.24. The zero-order valence-corrected chi connectivity index (χ0v) is 9.66. The van der Waals surface area contributed by atoms with E-state index < -0.39 is 27.2 Å². The lowest BCUT2D eigenvalue weighted by atomic mass is 10.2. The number of aromatic nitrogens is 2. The molecule has 20 heavy (non-hydrogen) atoms. The van der Waals surface area contributed by atoms with Gasteiger partial charge >= 0.3 is 5.97 Å². The minimum Gasteiger partial charge on any atom is -0.476 e. The molecule has 2 rings (SSSR count). The molecule has 1 aromatic heterocycles. The number of rotatable bonds is 4. The van der Waals surface area contributed by atoms with E-state index in [9.17, 15) is 25.0 Å². The molecule has 1 heterocycles. The predicted molar refractivity (Wildman–Crippen MR) is 63.8 cm³/mol. The van der Waals surface area contributed by atoms with Gasteiger partial charge in [0.1, 0.15) is 0 Å². The van der Waals surface area contributed by atoms with Gasteiger partial charge in [0.05, 0.1) is 21.6 Å². The Bertz CT molecular complexity index is 690. The van der Waals surface area contributed by atoms with Crippen molar-refractivity contribution >= 4 is 17.3 Å². The summed E-state index contributed by atoms with van der Waals surface area (Å²) in [6, 6.07) is 4.11. The third-order valence-corrected chi connectivity index (χ3v) is 2.38. The molecule has 0 bridgehead atoms. The molecule has 0 radical (unpaired) electrons. The minimum atomic E-state index is -1.27. The van der Waals surface area contributed by atoms with Gasteiger partial charge in [0.15, 0.2) is 5.69 Å². The van der Waals surface area contributed by atoms with Gasteiger partial charge in [0, 0.05) is 18.3 Å². The summed E-state index contributed by atoms with van der Waals surface area (Å²) in [6.07, 6.45) is 1.24. The summed E-state index contributed by atoms with van der Waals surface area (Å²) >= 11 is 0. The highest BCUT2D eigenvalue weighted by molar-refractivity contribution is 5.85. The van der Waals surface area contributed by atoms with Crippen molar-refractivity contribution in [3.63, 3.8) is 0 Å². The maximum atomic E-state index is 10.7. The molecule has 0 aliphatic rings. The lowest BCUT2D eigenvalue weighted by Crippen LogP contribution is -2.02. The molecule has 0 fully saturated rings. The summed E-state index contributed by atoms with van der Waals surface area (Å²) in [5, 5.41) is 33.9. The van der Waals surface area contributed by atoms with Crippen LogP contribution in [0.4, 0.5) is 11.4 Å². The zero-order chi connectivity index (χ0) is 14.9. The molecule has 0 unspecified atom stereocenters. The van der Waals surface area contributed by atoms with Crippen molar-refractivity contribution in [3.05, 3.63) is 56.4 Å². The Hall–Kier alpha value is -3.30. The van der Waals surface area contributed by atoms with Crippen LogP contribution in [0, 0.1) is 20.2 Å². The van der Waals surface area contributed by atoms with Crippen LogP contribution in [0.2, 0.25) is 0 Å². The fourth-order valence-electron chi connectivity index (χ4n) is 1.50. The monoisotopic (exact) mass is 278 g/mol. The second-order valence-corrected chi connectivity index (χ2v) is 3.67. The number of non-ortho nitro benzene ring substituents is 2. The first-order valence-corrected chi connectivity index (χ1v) is 5.11. The Balaban J connectivity index is 2.57. The molecule has 1 N–H and O–H groups in total. The van der Waals surface area contributed by atoms with Crippen molar-refractivity contribution in [1.29, 1.82) is 0 Å². The fraction of sp³-hybridized carbons (Fsp3) is 0. The molecule has 1 aromatic carbocycles. The Morgan fingerprint density at radius 1 is 1.15 bits per heavy atom. The molecule has 10 nitrogen and oxygen atoms in total. The van der Waals surface area contributed by atoms with Crippen molar-refractivity contribution in [2.45, 2.75) is 0 Å². The van der Waals surface area contributed by atoms with E-state index in [1.165, 1.54) is 12.3 Å². The first-order valence-electron chi connectivity index (χ1n) is 5.11. The summed E-state index contributed by atoms with van der Waals surface area (Å²) in [5.74, 6) is -1.27. The van der Waals surface area contributed by atoms with Gasteiger partial charge in [-0.05, 0) is 6.07 Å². The Morgan fingerprint density at radius 3 is 2.10 bits per heavy atom. The van der Waals surface area contributed by atoms with Crippen LogP contribution in [0.1, 0.15) is 10.5 Å². The molecule has 2 aromatic rings. The highest BCUT2D eigenvalue weighted by atomic mass is 16.6. The van der Waals surface area contributed by atoms with Crippen molar-refractivity contribution in [3.8, 4) is 5.69 Å². The molecule has 0 saturated carbocycles. The Labute approximate surface area is 110 Å². The smallest absolute Gasteiger partial charge is 0.356 e. The second-order valence-electron chi connectivity index (χ2n) is 3.67. The molecule has 0 spiro atoms. The first-order chi connectivity index (χ1) is 9.38. The van der Waals surface area contributed by atoms with Crippen LogP contribution in [-0.2, 0) is 0 Å². The zero-order valence-electron chi connectivity index (χ0n) is 9.66. The molecule has 102 valence electrons. The van der Waals surface area contributed by atoms with Crippen LogP contribution >= 0.6 is 0 Å².